The lowest BCUT2D eigenvalue weighted by atomic mass is 10.1. The minimum atomic E-state index is 0.449. The molecule has 2 N–H and O–H groups in total. The van der Waals surface area contributed by atoms with Crippen LogP contribution in [0.2, 0.25) is 5.02 Å². The minimum absolute atomic E-state index is 0.449. The lowest BCUT2D eigenvalue weighted by Gasteiger charge is -1.98. The molecule has 2 nitrogen and oxygen atoms in total. The summed E-state index contributed by atoms with van der Waals surface area (Å²) in [5.74, 6) is 1.52. The maximum Gasteiger partial charge on any atom is 0.148 e. The van der Waals surface area contributed by atoms with Crippen LogP contribution in [0, 0.1) is 0 Å². The van der Waals surface area contributed by atoms with Crippen LogP contribution in [-0.4, -0.2) is 0 Å². The van der Waals surface area contributed by atoms with Gasteiger partial charge in [-0.15, -0.1) is 0 Å². The van der Waals surface area contributed by atoms with Gasteiger partial charge in [0.05, 0.1) is 11.0 Å². The fourth-order valence-corrected chi connectivity index (χ4v) is 3.05. The summed E-state index contributed by atoms with van der Waals surface area (Å²) >= 11 is 9.55. The fourth-order valence-electron chi connectivity index (χ4n) is 2.16. The zero-order valence-electron chi connectivity index (χ0n) is 8.59. The fraction of sp³-hybridized carbons (Fsp3) is 0.333. The molecule has 0 bridgehead atoms. The predicted molar refractivity (Wildman–Crippen MR) is 68.8 cm³/mol. The number of nitrogens with two attached hydrogens (primary N) is 1. The van der Waals surface area contributed by atoms with Crippen LogP contribution < -0.4 is 5.73 Å². The van der Waals surface area contributed by atoms with E-state index in [1.54, 1.807) is 0 Å². The number of hydrogen-bond acceptors (Lipinski definition) is 2. The number of benzene rings is 1. The van der Waals surface area contributed by atoms with Crippen LogP contribution in [0.25, 0.3) is 11.0 Å². The maximum absolute atomic E-state index is 6.07. The summed E-state index contributed by atoms with van der Waals surface area (Å²) in [5.41, 5.74) is 7.86. The van der Waals surface area contributed by atoms with Crippen molar-refractivity contribution < 1.29 is 4.42 Å². The molecule has 1 aromatic carbocycles. The Morgan fingerprint density at radius 1 is 1.44 bits per heavy atom. The van der Waals surface area contributed by atoms with Gasteiger partial charge < -0.3 is 10.2 Å². The summed E-state index contributed by atoms with van der Waals surface area (Å²) in [7, 11) is 0. The molecular formula is C12H11BrClNO. The van der Waals surface area contributed by atoms with E-state index in [1.807, 2.05) is 12.1 Å². The van der Waals surface area contributed by atoms with E-state index in [1.165, 1.54) is 18.4 Å². The molecule has 16 heavy (non-hydrogen) atoms. The molecule has 0 saturated heterocycles. The Morgan fingerprint density at radius 3 is 2.81 bits per heavy atom. The second-order valence-corrected chi connectivity index (χ2v) is 5.47. The summed E-state index contributed by atoms with van der Waals surface area (Å²) in [5, 5.41) is 1.84. The highest BCUT2D eigenvalue weighted by atomic mass is 79.9. The molecule has 4 heteroatoms. The minimum Gasteiger partial charge on any atom is -0.458 e. The number of halogens is 2. The van der Waals surface area contributed by atoms with Gasteiger partial charge in [0.1, 0.15) is 11.3 Å². The molecule has 1 heterocycles. The van der Waals surface area contributed by atoms with Crippen molar-refractivity contribution in [2.24, 2.45) is 5.73 Å². The van der Waals surface area contributed by atoms with E-state index in [0.29, 0.717) is 12.5 Å². The second kappa shape index (κ2) is 3.76. The first-order valence-corrected chi connectivity index (χ1v) is 6.48. The van der Waals surface area contributed by atoms with E-state index in [9.17, 15) is 0 Å². The third kappa shape index (κ3) is 1.58. The number of fused-ring (bicyclic) bond motifs is 1. The van der Waals surface area contributed by atoms with E-state index in [-0.39, 0.29) is 0 Å². The first-order valence-electron chi connectivity index (χ1n) is 5.31. The quantitative estimate of drug-likeness (QED) is 0.903. The molecule has 0 aliphatic heterocycles. The van der Waals surface area contributed by atoms with Gasteiger partial charge in [0.25, 0.3) is 0 Å². The number of furan rings is 1. The molecule has 3 rings (SSSR count). The molecule has 1 aliphatic carbocycles. The zero-order valence-corrected chi connectivity index (χ0v) is 10.9. The number of rotatable bonds is 2. The van der Waals surface area contributed by atoms with Gasteiger partial charge in [-0.05, 0) is 46.8 Å². The Kier molecular flexibility index (Phi) is 2.50. The summed E-state index contributed by atoms with van der Waals surface area (Å²) in [6, 6.07) is 3.82. The van der Waals surface area contributed by atoms with Gasteiger partial charge in [-0.3, -0.25) is 0 Å². The predicted octanol–water partition coefficient (Wildman–Crippen LogP) is 4.18. The molecule has 0 radical (unpaired) electrons. The highest BCUT2D eigenvalue weighted by Gasteiger charge is 2.30. The third-order valence-corrected chi connectivity index (χ3v) is 3.80. The van der Waals surface area contributed by atoms with Crippen molar-refractivity contribution in [3.05, 3.63) is 33.0 Å². The van der Waals surface area contributed by atoms with Crippen molar-refractivity contribution in [1.82, 2.24) is 0 Å². The molecular weight excluding hydrogens is 289 g/mol. The first-order chi connectivity index (χ1) is 7.70. The average Bonchev–Trinajstić information content (AvgIpc) is 3.00. The van der Waals surface area contributed by atoms with E-state index < -0.39 is 0 Å². The van der Waals surface area contributed by atoms with Gasteiger partial charge >= 0.3 is 0 Å². The van der Waals surface area contributed by atoms with Crippen LogP contribution in [0.3, 0.4) is 0 Å². The van der Waals surface area contributed by atoms with Gasteiger partial charge in [-0.25, -0.2) is 0 Å². The number of hydrogen-bond donors (Lipinski definition) is 1. The summed E-state index contributed by atoms with van der Waals surface area (Å²) in [6.07, 6.45) is 2.46. The molecule has 1 fully saturated rings. The van der Waals surface area contributed by atoms with Crippen LogP contribution in [0.5, 0.6) is 0 Å². The van der Waals surface area contributed by atoms with Gasteiger partial charge in [-0.1, -0.05) is 11.6 Å². The molecule has 1 saturated carbocycles. The molecule has 0 atom stereocenters. The standard InChI is InChI=1S/C12H11BrClNO/c13-9-4-7(14)3-8-11(6-1-2-6)10(5-15)16-12(8)9/h3-4,6H,1-2,5,15H2. The Hall–Kier alpha value is -0.510. The van der Waals surface area contributed by atoms with Gasteiger partial charge in [0, 0.05) is 16.0 Å². The van der Waals surface area contributed by atoms with E-state index in [2.05, 4.69) is 15.9 Å². The van der Waals surface area contributed by atoms with Crippen LogP contribution in [0.1, 0.15) is 30.1 Å². The van der Waals surface area contributed by atoms with Gasteiger partial charge in [-0.2, -0.15) is 0 Å². The lowest BCUT2D eigenvalue weighted by Crippen LogP contribution is -1.97. The van der Waals surface area contributed by atoms with E-state index in [0.717, 1.165) is 26.2 Å². The van der Waals surface area contributed by atoms with Gasteiger partial charge in [0.15, 0.2) is 0 Å². The average molecular weight is 301 g/mol. The lowest BCUT2D eigenvalue weighted by molar-refractivity contribution is 0.544. The smallest absolute Gasteiger partial charge is 0.148 e. The van der Waals surface area contributed by atoms with Crippen molar-refractivity contribution in [3.8, 4) is 0 Å². The Balaban J connectivity index is 2.35. The van der Waals surface area contributed by atoms with Crippen LogP contribution >= 0.6 is 27.5 Å². The van der Waals surface area contributed by atoms with Crippen molar-refractivity contribution in [1.29, 1.82) is 0 Å². The molecule has 1 aromatic heterocycles. The highest BCUT2D eigenvalue weighted by Crippen LogP contribution is 2.47. The van der Waals surface area contributed by atoms with Crippen molar-refractivity contribution in [3.63, 3.8) is 0 Å². The normalized spacial score (nSPS) is 15.9. The third-order valence-electron chi connectivity index (χ3n) is 3.00. The van der Waals surface area contributed by atoms with Gasteiger partial charge in [0.2, 0.25) is 0 Å². The summed E-state index contributed by atoms with van der Waals surface area (Å²) in [6.45, 7) is 0.449. The van der Waals surface area contributed by atoms with Crippen LogP contribution in [0.15, 0.2) is 21.0 Å². The Bertz CT molecular complexity index is 560. The van der Waals surface area contributed by atoms with Crippen LogP contribution in [-0.2, 0) is 6.54 Å². The maximum atomic E-state index is 6.07. The SMILES string of the molecule is NCc1oc2c(Br)cc(Cl)cc2c1C1CC1. The monoisotopic (exact) mass is 299 g/mol. The molecule has 1 aliphatic rings. The Morgan fingerprint density at radius 2 is 2.19 bits per heavy atom. The van der Waals surface area contributed by atoms with Crippen molar-refractivity contribution in [2.75, 3.05) is 0 Å². The van der Waals surface area contributed by atoms with E-state index >= 15 is 0 Å². The largest absolute Gasteiger partial charge is 0.458 e. The molecule has 0 spiro atoms. The molecule has 84 valence electrons. The Labute approximate surface area is 107 Å². The summed E-state index contributed by atoms with van der Waals surface area (Å²) < 4.78 is 6.70. The molecule has 2 aromatic rings. The first kappa shape index (κ1) is 10.6. The van der Waals surface area contributed by atoms with Crippen LogP contribution in [0.4, 0.5) is 0 Å². The second-order valence-electron chi connectivity index (χ2n) is 4.18. The molecule has 0 amide bonds. The van der Waals surface area contributed by atoms with Crippen molar-refractivity contribution in [2.45, 2.75) is 25.3 Å². The zero-order chi connectivity index (χ0) is 11.3. The van der Waals surface area contributed by atoms with Crippen molar-refractivity contribution >= 4 is 38.5 Å². The topological polar surface area (TPSA) is 39.2 Å². The molecule has 0 unspecified atom stereocenters. The van der Waals surface area contributed by atoms with E-state index in [4.69, 9.17) is 21.8 Å². The summed E-state index contributed by atoms with van der Waals surface area (Å²) in [4.78, 5) is 0. The highest BCUT2D eigenvalue weighted by molar-refractivity contribution is 9.10.